The quantitative estimate of drug-likeness (QED) is 0.241. The van der Waals surface area contributed by atoms with Gasteiger partial charge in [0.05, 0.1) is 36.9 Å². The van der Waals surface area contributed by atoms with Crippen molar-refractivity contribution in [3.05, 3.63) is 53.3 Å². The highest BCUT2D eigenvalue weighted by molar-refractivity contribution is 7.89. The molecule has 4 heterocycles. The van der Waals surface area contributed by atoms with Crippen LogP contribution >= 0.6 is 0 Å². The lowest BCUT2D eigenvalue weighted by atomic mass is 9.90. The molecule has 1 atom stereocenters. The summed E-state index contributed by atoms with van der Waals surface area (Å²) in [7, 11) is -3.10. The molecule has 5 rings (SSSR count). The molecule has 0 radical (unpaired) electrons. The number of hydrogen-bond donors (Lipinski definition) is 2. The molecule has 0 spiro atoms. The highest BCUT2D eigenvalue weighted by Gasteiger charge is 2.28. The van der Waals surface area contributed by atoms with E-state index in [-0.39, 0.29) is 11.8 Å². The number of nitrogens with zero attached hydrogens (tertiary/aromatic N) is 7. The van der Waals surface area contributed by atoms with Gasteiger partial charge < -0.3 is 20.2 Å². The molecule has 234 valence electrons. The van der Waals surface area contributed by atoms with Crippen molar-refractivity contribution >= 4 is 27.3 Å². The second-order valence-corrected chi connectivity index (χ2v) is 13.1. The number of rotatable bonds is 10. The standard InChI is InChI=1S/C29H41N7O3S.HNO2/c1-4-26(18-23-10-12-35(13-11-23)40(37,38)5-2)36-21-24(20-31-36)28-22(3)19-30-29(33-28)32-25-6-8-27(9-7-25)34-14-16-39-17-15-34;2-1-3/h6-9,19-21,23,26H,4-5,10-18H2,1-3H3,(H,30,32,33);(H,2,3). The smallest absolute Gasteiger partial charge is 0.227 e. The summed E-state index contributed by atoms with van der Waals surface area (Å²) in [5.41, 5.74) is 4.94. The first-order valence-electron chi connectivity index (χ1n) is 14.8. The van der Waals surface area contributed by atoms with Crippen molar-refractivity contribution in [2.24, 2.45) is 11.3 Å². The summed E-state index contributed by atoms with van der Waals surface area (Å²) >= 11 is 0. The van der Waals surface area contributed by atoms with Crippen molar-refractivity contribution in [3.63, 3.8) is 0 Å². The Kier molecular flexibility index (Phi) is 11.4. The number of nitrogens with one attached hydrogen (secondary N) is 1. The topological polar surface area (TPSA) is 155 Å². The van der Waals surface area contributed by atoms with Gasteiger partial charge >= 0.3 is 0 Å². The molecule has 43 heavy (non-hydrogen) atoms. The first-order chi connectivity index (χ1) is 20.8. The molecule has 2 saturated heterocycles. The summed E-state index contributed by atoms with van der Waals surface area (Å²) < 4.78 is 33.6. The molecule has 1 unspecified atom stereocenters. The fraction of sp³-hybridized carbons (Fsp3) is 0.552. The van der Waals surface area contributed by atoms with E-state index in [0.29, 0.717) is 25.0 Å². The Morgan fingerprint density at radius 3 is 2.40 bits per heavy atom. The van der Waals surface area contributed by atoms with Gasteiger partial charge in [0.1, 0.15) is 0 Å². The van der Waals surface area contributed by atoms with Crippen LogP contribution in [-0.4, -0.2) is 82.8 Å². The van der Waals surface area contributed by atoms with Crippen LogP contribution in [0.2, 0.25) is 0 Å². The predicted octanol–water partition coefficient (Wildman–Crippen LogP) is 4.77. The number of anilines is 3. The maximum Gasteiger partial charge on any atom is 0.227 e. The van der Waals surface area contributed by atoms with Crippen molar-refractivity contribution in [2.75, 3.05) is 55.4 Å². The summed E-state index contributed by atoms with van der Waals surface area (Å²) in [4.78, 5) is 19.8. The number of ether oxygens (including phenoxy) is 1. The molecule has 2 aliphatic heterocycles. The Labute approximate surface area is 253 Å². The van der Waals surface area contributed by atoms with Crippen LogP contribution in [0.15, 0.2) is 48.2 Å². The van der Waals surface area contributed by atoms with Crippen LogP contribution in [0.3, 0.4) is 0 Å². The fourth-order valence-corrected chi connectivity index (χ4v) is 6.75. The molecule has 1 aromatic carbocycles. The highest BCUT2D eigenvalue weighted by atomic mass is 32.2. The van der Waals surface area contributed by atoms with E-state index >= 15 is 0 Å². The van der Waals surface area contributed by atoms with Gasteiger partial charge in [0.15, 0.2) is 5.34 Å². The number of benzene rings is 1. The summed E-state index contributed by atoms with van der Waals surface area (Å²) in [5, 5.41) is 16.0. The van der Waals surface area contributed by atoms with Crippen molar-refractivity contribution in [2.45, 2.75) is 52.5 Å². The fourth-order valence-electron chi connectivity index (χ4n) is 5.61. The average molecular weight is 615 g/mol. The first-order valence-corrected chi connectivity index (χ1v) is 16.4. The minimum Gasteiger partial charge on any atom is -0.379 e. The van der Waals surface area contributed by atoms with Crippen molar-refractivity contribution in [3.8, 4) is 11.3 Å². The van der Waals surface area contributed by atoms with Gasteiger partial charge in [0.25, 0.3) is 0 Å². The molecule has 14 heteroatoms. The van der Waals surface area contributed by atoms with Crippen LogP contribution in [-0.2, 0) is 14.8 Å². The first kappa shape index (κ1) is 32.3. The Hall–Kier alpha value is -3.62. The van der Waals surface area contributed by atoms with Crippen molar-refractivity contribution < 1.29 is 18.4 Å². The molecule has 0 aliphatic carbocycles. The zero-order chi connectivity index (χ0) is 30.8. The van der Waals surface area contributed by atoms with E-state index in [1.165, 1.54) is 11.0 Å². The van der Waals surface area contributed by atoms with Crippen molar-refractivity contribution in [1.82, 2.24) is 24.1 Å². The third-order valence-corrected chi connectivity index (χ3v) is 10.0. The second kappa shape index (κ2) is 15.2. The van der Waals surface area contributed by atoms with Crippen molar-refractivity contribution in [1.29, 1.82) is 0 Å². The maximum absolute atomic E-state index is 12.2. The van der Waals surface area contributed by atoms with E-state index in [4.69, 9.17) is 24.9 Å². The van der Waals surface area contributed by atoms with Gasteiger partial charge in [-0.05, 0) is 75.3 Å². The molecular weight excluding hydrogens is 572 g/mol. The number of aromatic nitrogens is 4. The number of aryl methyl sites for hydroxylation is 1. The monoisotopic (exact) mass is 614 g/mol. The molecule has 2 N–H and O–H groups in total. The van der Waals surface area contributed by atoms with Crippen LogP contribution in [0, 0.1) is 17.7 Å². The van der Waals surface area contributed by atoms with E-state index < -0.39 is 10.0 Å². The van der Waals surface area contributed by atoms with Gasteiger partial charge in [-0.3, -0.25) is 4.68 Å². The summed E-state index contributed by atoms with van der Waals surface area (Å²) in [6.45, 7) is 10.5. The Bertz CT molecular complexity index is 1420. The van der Waals surface area contributed by atoms with Gasteiger partial charge in [0.2, 0.25) is 16.0 Å². The van der Waals surface area contributed by atoms with E-state index in [9.17, 15) is 8.42 Å². The SMILES string of the molecule is CCC(CC1CCN(S(=O)(=O)CC)CC1)n1cc(-c2nc(Nc3ccc(N4CCOCC4)cc3)ncc2C)cn1.O=NO. The van der Waals surface area contributed by atoms with E-state index in [1.807, 2.05) is 19.3 Å². The van der Waals surface area contributed by atoms with Gasteiger partial charge in [-0.2, -0.15) is 5.10 Å². The van der Waals surface area contributed by atoms with Crippen LogP contribution < -0.4 is 10.2 Å². The Balaban J connectivity index is 0.00000135. The van der Waals surface area contributed by atoms with E-state index in [2.05, 4.69) is 57.3 Å². The summed E-state index contributed by atoms with van der Waals surface area (Å²) in [6, 6.07) is 8.60. The third kappa shape index (κ3) is 8.48. The van der Waals surface area contributed by atoms with Gasteiger partial charge in [-0.25, -0.2) is 22.7 Å². The lowest BCUT2D eigenvalue weighted by Crippen LogP contribution is -2.39. The molecule has 2 fully saturated rings. The minimum absolute atomic E-state index is 0.173. The number of piperidine rings is 1. The zero-order valence-electron chi connectivity index (χ0n) is 25.1. The minimum atomic E-state index is -3.10. The van der Waals surface area contributed by atoms with Crippen LogP contribution in [0.5, 0.6) is 0 Å². The van der Waals surface area contributed by atoms with Gasteiger partial charge in [-0.1, -0.05) is 6.92 Å². The average Bonchev–Trinajstić information content (AvgIpc) is 3.52. The van der Waals surface area contributed by atoms with E-state index in [0.717, 1.165) is 74.5 Å². The highest BCUT2D eigenvalue weighted by Crippen LogP contribution is 2.31. The second-order valence-electron chi connectivity index (χ2n) is 10.8. The number of sulfonamides is 1. The molecule has 3 aromatic rings. The van der Waals surface area contributed by atoms with E-state index in [1.54, 1.807) is 11.2 Å². The Morgan fingerprint density at radius 2 is 1.77 bits per heavy atom. The van der Waals surface area contributed by atoms with Crippen LogP contribution in [0.1, 0.15) is 51.1 Å². The zero-order valence-corrected chi connectivity index (χ0v) is 25.9. The molecule has 2 aromatic heterocycles. The Morgan fingerprint density at radius 1 is 1.09 bits per heavy atom. The molecule has 0 bridgehead atoms. The predicted molar refractivity (Wildman–Crippen MR) is 166 cm³/mol. The molecular formula is C29H42N8O5S. The number of hydrogen-bond acceptors (Lipinski definition) is 10. The number of morpholine rings is 1. The lowest BCUT2D eigenvalue weighted by Gasteiger charge is -2.32. The van der Waals surface area contributed by atoms with Gasteiger partial charge in [-0.15, -0.1) is 4.91 Å². The summed E-state index contributed by atoms with van der Waals surface area (Å²) in [5.74, 6) is 1.21. The van der Waals surface area contributed by atoms with Gasteiger partial charge in [0, 0.05) is 55.5 Å². The molecule has 2 aliphatic rings. The molecule has 0 saturated carbocycles. The third-order valence-electron chi connectivity index (χ3n) is 8.13. The largest absolute Gasteiger partial charge is 0.379 e. The normalized spacial score (nSPS) is 17.1. The molecule has 13 nitrogen and oxygen atoms in total. The summed E-state index contributed by atoms with van der Waals surface area (Å²) in [6.07, 6.45) is 9.57. The van der Waals surface area contributed by atoms with Crippen LogP contribution in [0.4, 0.5) is 17.3 Å². The van der Waals surface area contributed by atoms with Crippen LogP contribution in [0.25, 0.3) is 11.3 Å². The molecule has 0 amide bonds. The maximum atomic E-state index is 12.2. The lowest BCUT2D eigenvalue weighted by molar-refractivity contribution is 0.122.